The predicted octanol–water partition coefficient (Wildman–Crippen LogP) is 2.70. The number of hydrogen-bond donors (Lipinski definition) is 12. The lowest BCUT2D eigenvalue weighted by molar-refractivity contribution is -0.0601. The summed E-state index contributed by atoms with van der Waals surface area (Å²) in [5, 5.41) is 0. The summed E-state index contributed by atoms with van der Waals surface area (Å²) in [5.74, 6) is -1.26. The van der Waals surface area contributed by atoms with Crippen LogP contribution in [0.15, 0.2) is 67.3 Å². The van der Waals surface area contributed by atoms with Gasteiger partial charge in [0.05, 0.1) is 83.7 Å². The summed E-state index contributed by atoms with van der Waals surface area (Å²) >= 11 is 29.8. The Balaban J connectivity index is 0.000000129. The van der Waals surface area contributed by atoms with Crippen molar-refractivity contribution in [1.29, 1.82) is 0 Å². The number of aromatic amines is 3. The van der Waals surface area contributed by atoms with Gasteiger partial charge in [-0.15, -0.1) is 0 Å². The fourth-order valence-electron chi connectivity index (χ4n) is 16.1. The van der Waals surface area contributed by atoms with Crippen molar-refractivity contribution in [2.24, 2.45) is 15.0 Å². The van der Waals surface area contributed by atoms with E-state index < -0.39 is 238 Å². The molecule has 29 atom stereocenters. The molecule has 0 spiro atoms. The minimum Gasteiger partial charge on any atom is -0.369 e. The molecule has 0 aliphatic carbocycles. The number of rotatable bonds is 6. The predicted molar refractivity (Wildman–Crippen MR) is 462 cm³/mol. The third-order valence-electron chi connectivity index (χ3n) is 22.1. The van der Waals surface area contributed by atoms with Gasteiger partial charge in [0.1, 0.15) is 73.4 Å². The van der Waals surface area contributed by atoms with Crippen LogP contribution in [0.4, 0.5) is 57.3 Å². The standard InChI is InChI=1S/2C21H22F2N8O10P2S2.C21H23FN8O10P2S2/c2*22-10-8-3-36-42(34,44)40-14-9(39-19(11(14)23)30-5-26-12-7(32)1-2-25-16(12)30)4-37-43(35,45)41-15(10)20(38-8)31-6-27-13-17(31)28-21(24)29-18(13)33;22-13-11-5-36-41(33,43)39-9-3-12(29-6-25-14-8(31)1-2-24-17(14)29)37-10(9)4-35-42(34,44)40-16(13)20(38-11)30-7-26-15-18(30)27-21(23)28-19(15)32/h2*2,5-6,8-11,14-15,19-20H,1,3-4H2,(H,34,44)(H,35,45)(H3,24,28,29,33);2,6-7,9-13,16,20H,1,3-5H2,(H,33,43)(H,34,44)(H3,23,27,28,32)/t2*8-,9-,10-,11+,14-,15-,19-,20-,42?,43?;9-,10+,11+,12+,13+,16+,20+,41?,42?/m110/s1. The van der Waals surface area contributed by atoms with Gasteiger partial charge in [-0.05, 0) is 59.0 Å². The molecule has 21 heterocycles. The van der Waals surface area contributed by atoms with Gasteiger partial charge in [0.15, 0.2) is 147 Å². The molecular formula is C63H67F5N24O30P6S6. The van der Waals surface area contributed by atoms with E-state index in [0.29, 0.717) is 0 Å². The number of nitrogens with two attached hydrogens (primary N) is 3. The quantitative estimate of drug-likeness (QED) is 0.0647. The Morgan fingerprint density at radius 3 is 1.04 bits per heavy atom. The van der Waals surface area contributed by atoms with Crippen molar-refractivity contribution < 1.29 is 148 Å². The van der Waals surface area contributed by atoms with E-state index in [9.17, 15) is 57.8 Å². The van der Waals surface area contributed by atoms with Crippen molar-refractivity contribution in [3.63, 3.8) is 0 Å². The van der Waals surface area contributed by atoms with Gasteiger partial charge in [-0.1, -0.05) is 12.2 Å². The number of hydrogen-bond acceptors (Lipinski definition) is 45. The lowest BCUT2D eigenvalue weighted by Crippen LogP contribution is -2.34. The van der Waals surface area contributed by atoms with Crippen molar-refractivity contribution >= 4 is 216 Å². The molecule has 6 unspecified atom stereocenters. The Hall–Kier alpha value is -7.34. The molecule has 9 fully saturated rings. The highest BCUT2D eigenvalue weighted by molar-refractivity contribution is 8.44. The first-order valence-electron chi connectivity index (χ1n) is 39.1. The third-order valence-corrected chi connectivity index (χ3v) is 31.5. The summed E-state index contributed by atoms with van der Waals surface area (Å²) in [5.41, 5.74) is 14.6. The van der Waals surface area contributed by atoms with Crippen LogP contribution in [0, 0.1) is 0 Å². The summed E-state index contributed by atoms with van der Waals surface area (Å²) in [6, 6.07) is 0. The number of nitrogens with one attached hydrogen (secondary N) is 3. The number of nitrogens with zero attached hydrogens (tertiary/aromatic N) is 18. The highest BCUT2D eigenvalue weighted by atomic mass is 32.7. The number of anilines is 3. The second-order valence-corrected chi connectivity index (χ2v) is 47.4. The summed E-state index contributed by atoms with van der Waals surface area (Å²) in [6.45, 7) is -29.6. The number of halogens is 5. The molecule has 9 saturated heterocycles. The largest absolute Gasteiger partial charge is 0.386 e. The molecule has 71 heteroatoms. The van der Waals surface area contributed by atoms with Gasteiger partial charge in [0.2, 0.25) is 17.8 Å². The normalized spacial score (nSPS) is 38.4. The number of aromatic nitrogens is 18. The zero-order valence-electron chi connectivity index (χ0n) is 66.8. The van der Waals surface area contributed by atoms with Crippen LogP contribution in [0.1, 0.15) is 94.5 Å². The number of alkyl halides is 5. The van der Waals surface area contributed by atoms with E-state index in [-0.39, 0.29) is 129 Å². The number of ketones is 3. The Morgan fingerprint density at radius 1 is 0.366 bits per heavy atom. The number of carbonyl (C=O) groups is 3. The number of ether oxygens (including phenoxy) is 6. The first-order valence-corrected chi connectivity index (χ1v) is 54.8. The second kappa shape index (κ2) is 36.7. The third kappa shape index (κ3) is 18.8. The zero-order chi connectivity index (χ0) is 94.6. The number of Topliss-reactive ketones (excluding diaryl/α,β-unsaturated/α-hetero) is 3. The summed E-state index contributed by atoms with van der Waals surface area (Å²) in [4.78, 5) is 184. The monoisotopic (exact) mass is 2110 g/mol. The molecule has 9 aromatic heterocycles. The van der Waals surface area contributed by atoms with E-state index >= 15 is 22.0 Å². The van der Waals surface area contributed by atoms with Crippen LogP contribution in [0.3, 0.4) is 0 Å². The van der Waals surface area contributed by atoms with Crippen LogP contribution in [0.5, 0.6) is 0 Å². The molecule has 720 valence electrons. The topological polar surface area (TPSA) is 695 Å². The van der Waals surface area contributed by atoms with Crippen molar-refractivity contribution in [3.05, 3.63) is 86.1 Å². The maximum atomic E-state index is 16.0. The number of nitrogen functional groups attached to an aromatic ring is 3. The van der Waals surface area contributed by atoms with Crippen molar-refractivity contribution in [1.82, 2.24) is 87.2 Å². The maximum Gasteiger partial charge on any atom is 0.386 e. The van der Waals surface area contributed by atoms with E-state index in [2.05, 4.69) is 87.0 Å². The number of H-pyrrole nitrogens is 3. The van der Waals surface area contributed by atoms with E-state index in [1.165, 1.54) is 49.6 Å². The zero-order valence-corrected chi connectivity index (χ0v) is 77.2. The molecule has 9 aromatic rings. The van der Waals surface area contributed by atoms with Crippen LogP contribution < -0.4 is 33.9 Å². The van der Waals surface area contributed by atoms with Crippen LogP contribution in [0.25, 0.3) is 33.5 Å². The molecule has 12 aliphatic heterocycles. The number of thiol groups is 1. The lowest BCUT2D eigenvalue weighted by atomic mass is 10.1. The minimum atomic E-state index is -4.50. The Labute approximate surface area is 772 Å². The van der Waals surface area contributed by atoms with Gasteiger partial charge in [-0.2, -0.15) is 15.0 Å². The van der Waals surface area contributed by atoms with Crippen molar-refractivity contribution in [2.45, 2.75) is 167 Å². The molecule has 0 saturated carbocycles. The van der Waals surface area contributed by atoms with Crippen molar-refractivity contribution in [3.8, 4) is 0 Å². The van der Waals surface area contributed by atoms with Crippen LogP contribution in [-0.4, -0.2) is 291 Å². The molecule has 0 amide bonds. The summed E-state index contributed by atoms with van der Waals surface area (Å²) in [6.07, 6.45) is -24.4. The van der Waals surface area contributed by atoms with Gasteiger partial charge in [-0.3, -0.25) is 98.3 Å². The number of aliphatic imine (C=N–C) groups is 3. The number of fused-ring (bicyclic) bond motifs is 15. The smallest absolute Gasteiger partial charge is 0.369 e. The SMILES string of the molecule is Nc1nc2c(ncn2[C@@H]2O[C@@H]3COP(O)(=S)O[C@H]4C[C@H](n5cnc6c5N=CCC6=O)O[C@@H]4COP(O)(=S)O[C@@H]2[C@@H]3F)c(=O)[nH]1.Nc1nc2c(ncn2[C@@H]2O[C@@H]3COP(O)(=S)O[C@H]4[C@H](F)[C@H](n5cnc6c5N=CCC6=O)O[C@@H]4COP(=O)(S)O[C@@H]2[C@@H]3F)c(=O)[nH]1.Nc1nc2c(ncn2[C@@H]2O[C@@H]3COP(O)(=S)O[C@H]4[C@H](F)[C@H](n5cnc6c5N=CCC6=O)O[C@@H]4COP(O)(=S)O[C@@H]2[C@@H]3F)c(=O)[nH]1. The molecule has 54 nitrogen and oxygen atoms in total. The van der Waals surface area contributed by atoms with E-state index in [1.807, 2.05) is 0 Å². The van der Waals surface area contributed by atoms with Gasteiger partial charge in [0, 0.05) is 44.3 Å². The van der Waals surface area contributed by atoms with Gasteiger partial charge in [0.25, 0.3) is 16.7 Å². The molecule has 0 radical (unpaired) electrons. The second-order valence-electron chi connectivity index (χ2n) is 30.6. The van der Waals surface area contributed by atoms with Crippen molar-refractivity contribution in [2.75, 3.05) is 56.8 Å². The first kappa shape index (κ1) is 95.6. The van der Waals surface area contributed by atoms with Gasteiger partial charge in [-0.25, -0.2) is 71.4 Å². The minimum absolute atomic E-state index is 0.00967. The van der Waals surface area contributed by atoms with Gasteiger partial charge < -0.3 is 97.2 Å². The lowest BCUT2D eigenvalue weighted by Gasteiger charge is -2.27. The molecule has 21 rings (SSSR count). The highest BCUT2D eigenvalue weighted by Crippen LogP contribution is 2.62. The Bertz CT molecular complexity index is 6570. The molecule has 14 N–H and O–H groups in total. The summed E-state index contributed by atoms with van der Waals surface area (Å²) < 4.78 is 202. The number of imidazole rings is 6. The van der Waals surface area contributed by atoms with Crippen LogP contribution in [-0.2, 0) is 146 Å². The molecular weight excluding hydrogens is 2050 g/mol. The molecule has 0 aromatic carbocycles. The van der Waals surface area contributed by atoms with E-state index in [0.717, 1.165) is 34.4 Å². The fourth-order valence-corrected chi connectivity index (χ4v) is 24.7. The maximum absolute atomic E-state index is 16.0. The van der Waals surface area contributed by atoms with Crippen LogP contribution >= 0.6 is 52.6 Å². The first-order chi connectivity index (χ1) is 63.5. The average molecular weight is 2110 g/mol. The van der Waals surface area contributed by atoms with E-state index in [4.69, 9.17) is 159 Å². The number of carbonyl (C=O) groups excluding carboxylic acids is 3. The van der Waals surface area contributed by atoms with Crippen LogP contribution in [0.2, 0.25) is 0 Å². The molecule has 12 aliphatic rings. The Morgan fingerprint density at radius 2 is 0.664 bits per heavy atom. The highest BCUT2D eigenvalue weighted by Gasteiger charge is 2.59. The van der Waals surface area contributed by atoms with E-state index in [1.54, 1.807) is 0 Å². The molecule has 134 heavy (non-hydrogen) atoms. The summed E-state index contributed by atoms with van der Waals surface area (Å²) in [7, 11) is 0. The fraction of sp³-hybridized carbons (Fsp3) is 0.524. The van der Waals surface area contributed by atoms with Gasteiger partial charge >= 0.3 is 40.4 Å². The Kier molecular flexibility index (Phi) is 26.2. The average Bonchev–Trinajstić information content (AvgIpc) is 1.62. The molecule has 6 bridgehead atoms.